The Morgan fingerprint density at radius 2 is 1.25 bits per heavy atom. The first kappa shape index (κ1) is 16.0. The summed E-state index contributed by atoms with van der Waals surface area (Å²) in [5.41, 5.74) is 3.78. The van der Waals surface area contributed by atoms with Gasteiger partial charge in [-0.25, -0.2) is 10.9 Å². The predicted molar refractivity (Wildman–Crippen MR) is 33.5 cm³/mol. The van der Waals surface area contributed by atoms with Crippen LogP contribution in [0.25, 0.3) is 0 Å². The first-order valence-corrected chi connectivity index (χ1v) is 1.20. The van der Waals surface area contributed by atoms with Crippen molar-refractivity contribution < 1.29 is 5.71 Å². The molecule has 0 rings (SSSR count). The third-order valence-electron chi connectivity index (χ3n) is 0.174. The predicted octanol–water partition coefficient (Wildman–Crippen LogP) is -1.27. The number of hydrogen-bond acceptors (Lipinski definition) is 4. The summed E-state index contributed by atoms with van der Waals surface area (Å²) >= 11 is 0. The second-order valence-electron chi connectivity index (χ2n) is 0.474. The summed E-state index contributed by atoms with van der Waals surface area (Å²) in [6, 6.07) is 0. The van der Waals surface area contributed by atoms with Crippen molar-refractivity contribution in [1.29, 1.82) is 10.5 Å². The summed E-state index contributed by atoms with van der Waals surface area (Å²) in [7, 11) is 0. The molecule has 0 radical (unpaired) electrons. The van der Waals surface area contributed by atoms with Crippen LogP contribution in [0.4, 0.5) is 0 Å². The van der Waals surface area contributed by atoms with Gasteiger partial charge in [0.05, 0.1) is 0 Å². The van der Waals surface area contributed by atoms with E-state index >= 15 is 0 Å². The zero-order chi connectivity index (χ0) is 4.83. The topological polar surface area (TPSA) is 71.6 Å². The van der Waals surface area contributed by atoms with Gasteiger partial charge in [-0.2, -0.15) is 10.5 Å². The van der Waals surface area contributed by atoms with Gasteiger partial charge in [0.1, 0.15) is 0 Å². The zero-order valence-corrected chi connectivity index (χ0v) is 8.73. The van der Waals surface area contributed by atoms with Crippen molar-refractivity contribution >= 4 is 75.5 Å². The van der Waals surface area contributed by atoms with Crippen LogP contribution in [0, 0.1) is 22.9 Å². The molecule has 4 nitrogen and oxygen atoms in total. The van der Waals surface area contributed by atoms with Crippen LogP contribution in [0.1, 0.15) is 5.71 Å². The second kappa shape index (κ2) is 15.7. The van der Waals surface area contributed by atoms with E-state index in [0.717, 1.165) is 0 Å². The summed E-state index contributed by atoms with van der Waals surface area (Å²) in [5.74, 6) is 0. The van der Waals surface area contributed by atoms with Crippen molar-refractivity contribution in [2.45, 2.75) is 0 Å². The largest absolute Gasteiger partial charge is 2.00 e. The van der Waals surface area contributed by atoms with Gasteiger partial charge in [0.2, 0.25) is 0 Å². The number of nitrogens with one attached hydrogen (secondary N) is 2. The van der Waals surface area contributed by atoms with Crippen molar-refractivity contribution in [3.8, 4) is 12.4 Å². The monoisotopic (exact) mass is 166 g/mol. The normalized spacial score (nSPS) is 3.25. The molecule has 0 amide bonds. The molecule has 0 bridgehead atoms. The molecule has 0 saturated heterocycles. The maximum absolute atomic E-state index is 7.62. The van der Waals surface area contributed by atoms with Crippen molar-refractivity contribution in [2.24, 2.45) is 0 Å². The quantitative estimate of drug-likeness (QED) is 0.167. The Morgan fingerprint density at radius 3 is 1.38 bits per heavy atom. The van der Waals surface area contributed by atoms with Gasteiger partial charge in [0.15, 0.2) is 12.4 Å². The Morgan fingerprint density at radius 1 is 1.00 bits per heavy atom. The molecule has 0 aliphatic carbocycles. The Bertz CT molecular complexity index is 96.6. The summed E-state index contributed by atoms with van der Waals surface area (Å²) in [4.78, 5) is 0. The van der Waals surface area contributed by atoms with E-state index in [2.05, 4.69) is 0 Å². The molecule has 0 aliphatic heterocycles. The minimum Gasteiger partial charge on any atom is -1.00 e. The SMILES string of the molecule is N#CNNC#N.[Ca+2].[Ca+2].[H-].[H-].[H-].[H-]. The number of hydrogen-bond donors (Lipinski definition) is 2. The van der Waals surface area contributed by atoms with Crippen molar-refractivity contribution in [2.75, 3.05) is 0 Å². The van der Waals surface area contributed by atoms with Gasteiger partial charge >= 0.3 is 75.5 Å². The van der Waals surface area contributed by atoms with Crippen LogP contribution in [-0.4, -0.2) is 75.5 Å². The van der Waals surface area contributed by atoms with Crippen LogP contribution in [0.15, 0.2) is 0 Å². The van der Waals surface area contributed by atoms with Crippen LogP contribution in [0.2, 0.25) is 0 Å². The first-order valence-electron chi connectivity index (χ1n) is 1.20. The van der Waals surface area contributed by atoms with E-state index < -0.39 is 0 Å². The number of nitrogens with zero attached hydrogens (tertiary/aromatic N) is 2. The van der Waals surface area contributed by atoms with E-state index in [-0.39, 0.29) is 81.2 Å². The van der Waals surface area contributed by atoms with Crippen LogP contribution in [0.3, 0.4) is 0 Å². The summed E-state index contributed by atoms with van der Waals surface area (Å²) in [6.45, 7) is 0. The van der Waals surface area contributed by atoms with E-state index in [9.17, 15) is 0 Å². The van der Waals surface area contributed by atoms with E-state index in [1.54, 1.807) is 0 Å². The fourth-order valence-corrected chi connectivity index (χ4v) is 0.0559. The molecule has 0 saturated carbocycles. The fraction of sp³-hybridized carbons (Fsp3) is 0. The standard InChI is InChI=1S/C2H2N4.2Ca.4H/c3-1-5-6-2-4;;;;;;/h5-6H;;;;;;/q;2*+2;4*-1. The Hall–Kier alpha value is 1.10. The first-order chi connectivity index (χ1) is 2.91. The molecule has 0 aromatic heterocycles. The van der Waals surface area contributed by atoms with Gasteiger partial charge < -0.3 is 5.71 Å². The van der Waals surface area contributed by atoms with Gasteiger partial charge in [-0.3, -0.25) is 0 Å². The molecule has 0 aromatic carbocycles. The molecule has 0 spiro atoms. The molecule has 0 atom stereocenters. The minimum absolute atomic E-state index is 0. The molecule has 0 aliphatic rings. The third-order valence-corrected chi connectivity index (χ3v) is 0.174. The third kappa shape index (κ3) is 15.7. The maximum atomic E-state index is 7.62. The average Bonchev–Trinajstić information content (AvgIpc) is 1.61. The molecule has 2 N–H and O–H groups in total. The molecular weight excluding hydrogens is 160 g/mol. The summed E-state index contributed by atoms with van der Waals surface area (Å²) in [6.07, 6.45) is 2.97. The van der Waals surface area contributed by atoms with E-state index in [1.807, 2.05) is 10.9 Å². The molecule has 0 fully saturated rings. The Kier molecular flexibility index (Phi) is 31.5. The minimum atomic E-state index is 0. The van der Waals surface area contributed by atoms with Crippen molar-refractivity contribution in [3.05, 3.63) is 0 Å². The molecule has 38 valence electrons. The van der Waals surface area contributed by atoms with Gasteiger partial charge in [-0.05, 0) is 0 Å². The van der Waals surface area contributed by atoms with Gasteiger partial charge in [0, 0.05) is 0 Å². The van der Waals surface area contributed by atoms with Crippen LogP contribution < -0.4 is 10.9 Å². The smallest absolute Gasteiger partial charge is 1.00 e. The molecule has 0 heterocycles. The van der Waals surface area contributed by atoms with Crippen molar-refractivity contribution in [1.82, 2.24) is 10.9 Å². The van der Waals surface area contributed by atoms with E-state index in [0.29, 0.717) is 0 Å². The van der Waals surface area contributed by atoms with Gasteiger partial charge in [-0.1, -0.05) is 0 Å². The summed E-state index contributed by atoms with van der Waals surface area (Å²) < 4.78 is 0. The van der Waals surface area contributed by atoms with Crippen LogP contribution in [-0.2, 0) is 0 Å². The Labute approximate surface area is 113 Å². The zero-order valence-electron chi connectivity index (χ0n) is 8.31. The van der Waals surface area contributed by atoms with E-state index in [1.165, 1.54) is 12.4 Å². The number of rotatable bonds is 1. The van der Waals surface area contributed by atoms with Gasteiger partial charge in [-0.15, -0.1) is 0 Å². The Balaban J connectivity index is -0.00000000833. The van der Waals surface area contributed by atoms with Gasteiger partial charge in [0.25, 0.3) is 0 Å². The van der Waals surface area contributed by atoms with Crippen molar-refractivity contribution in [3.63, 3.8) is 0 Å². The number of hydrazine groups is 1. The van der Waals surface area contributed by atoms with Crippen LogP contribution in [0.5, 0.6) is 0 Å². The molecular formula is C2H6Ca2N4. The fourth-order valence-electron chi connectivity index (χ4n) is 0.0559. The van der Waals surface area contributed by atoms with E-state index in [4.69, 9.17) is 10.5 Å². The average molecular weight is 166 g/mol. The molecule has 0 unspecified atom stereocenters. The molecule has 6 heteroatoms. The van der Waals surface area contributed by atoms with Crippen LogP contribution >= 0.6 is 0 Å². The maximum Gasteiger partial charge on any atom is 2.00 e. The molecule has 0 aromatic rings. The molecule has 8 heavy (non-hydrogen) atoms. The number of nitriles is 2. The second-order valence-corrected chi connectivity index (χ2v) is 0.474. The summed E-state index contributed by atoms with van der Waals surface area (Å²) in [5, 5.41) is 15.2.